The highest BCUT2D eigenvalue weighted by atomic mass is 35.5. The van der Waals surface area contributed by atoms with Crippen molar-refractivity contribution >= 4 is 40.6 Å². The van der Waals surface area contributed by atoms with Crippen LogP contribution in [0.4, 0.5) is 11.4 Å². The zero-order valence-electron chi connectivity index (χ0n) is 20.8. The molecule has 4 aliphatic heterocycles. The van der Waals surface area contributed by atoms with E-state index in [1.807, 2.05) is 37.3 Å². The van der Waals surface area contributed by atoms with Crippen LogP contribution in [0.1, 0.15) is 41.3 Å². The number of carbonyl (C=O) groups is 3. The first-order valence-electron chi connectivity index (χ1n) is 13.0. The summed E-state index contributed by atoms with van der Waals surface area (Å²) in [4.78, 5) is 45.8. The third kappa shape index (κ3) is 2.65. The summed E-state index contributed by atoms with van der Waals surface area (Å²) in [6.07, 6.45) is 1.50. The van der Waals surface area contributed by atoms with Crippen molar-refractivity contribution in [2.75, 3.05) is 23.8 Å². The smallest absolute Gasteiger partial charge is 0.251 e. The molecule has 3 aromatic carbocycles. The monoisotopic (exact) mass is 527 g/mol. The number of nitrogens with one attached hydrogen (secondary N) is 2. The number of rotatable bonds is 4. The van der Waals surface area contributed by atoms with Crippen LogP contribution in [0.15, 0.2) is 66.7 Å². The van der Waals surface area contributed by atoms with Gasteiger partial charge in [-0.25, -0.2) is 0 Å². The van der Waals surface area contributed by atoms with Crippen LogP contribution in [0.3, 0.4) is 0 Å². The van der Waals surface area contributed by atoms with Crippen molar-refractivity contribution in [3.05, 3.63) is 88.4 Å². The molecule has 8 heteroatoms. The Morgan fingerprint density at radius 1 is 1.00 bits per heavy atom. The van der Waals surface area contributed by atoms with Crippen molar-refractivity contribution in [3.63, 3.8) is 0 Å². The van der Waals surface area contributed by atoms with E-state index >= 15 is 0 Å². The molecule has 0 saturated carbocycles. The molecule has 0 radical (unpaired) electrons. The van der Waals surface area contributed by atoms with Gasteiger partial charge in [0.05, 0.1) is 18.1 Å². The first-order chi connectivity index (χ1) is 18.5. The van der Waals surface area contributed by atoms with E-state index in [-0.39, 0.29) is 23.6 Å². The number of ketones is 1. The van der Waals surface area contributed by atoms with E-state index in [4.69, 9.17) is 16.3 Å². The van der Waals surface area contributed by atoms with Gasteiger partial charge in [-0.1, -0.05) is 41.9 Å². The van der Waals surface area contributed by atoms with Crippen molar-refractivity contribution in [2.45, 2.75) is 36.8 Å². The van der Waals surface area contributed by atoms with Crippen LogP contribution in [-0.4, -0.2) is 41.7 Å². The minimum atomic E-state index is -1.51. The molecule has 3 aromatic rings. The summed E-state index contributed by atoms with van der Waals surface area (Å²) in [6, 6.07) is 19.5. The average molecular weight is 528 g/mol. The van der Waals surface area contributed by atoms with Gasteiger partial charge in [0.2, 0.25) is 5.91 Å². The van der Waals surface area contributed by atoms with Gasteiger partial charge in [0, 0.05) is 28.0 Å². The highest BCUT2D eigenvalue weighted by Crippen LogP contribution is 2.68. The van der Waals surface area contributed by atoms with Crippen LogP contribution in [0.2, 0.25) is 5.02 Å². The normalized spacial score (nSPS) is 28.8. The zero-order valence-corrected chi connectivity index (χ0v) is 21.5. The molecule has 38 heavy (non-hydrogen) atoms. The molecule has 2 amide bonds. The van der Waals surface area contributed by atoms with Gasteiger partial charge in [-0.3, -0.25) is 19.3 Å². The van der Waals surface area contributed by atoms with E-state index in [1.165, 1.54) is 0 Å². The number of hydrogen-bond donors (Lipinski definition) is 2. The number of amides is 2. The molecular formula is C30H26ClN3O4. The molecule has 2 spiro atoms. The molecule has 4 atom stereocenters. The number of anilines is 2. The quantitative estimate of drug-likeness (QED) is 0.478. The summed E-state index contributed by atoms with van der Waals surface area (Å²) in [5.41, 5.74) is 0.0137. The maximum atomic E-state index is 14.8. The Balaban J connectivity index is 1.58. The SMILES string of the molecule is CCOc1ccccc1C(=O)[C@H]1[C@@H]2CCCN2[C@@]2(C(=O)Nc3ccc(Cl)cc32)[C@]12C(=O)Nc1ccccc12. The molecule has 4 aliphatic rings. The highest BCUT2D eigenvalue weighted by Gasteiger charge is 2.81. The van der Waals surface area contributed by atoms with E-state index in [0.29, 0.717) is 58.4 Å². The van der Waals surface area contributed by atoms with E-state index in [1.54, 1.807) is 36.4 Å². The average Bonchev–Trinajstić information content (AvgIpc) is 3.63. The summed E-state index contributed by atoms with van der Waals surface area (Å²) in [6.45, 7) is 2.85. The van der Waals surface area contributed by atoms with Crippen molar-refractivity contribution in [1.82, 2.24) is 4.90 Å². The summed E-state index contributed by atoms with van der Waals surface area (Å²) in [5.74, 6) is -1.19. The van der Waals surface area contributed by atoms with Crippen LogP contribution in [0, 0.1) is 5.92 Å². The number of nitrogens with zero attached hydrogens (tertiary/aromatic N) is 1. The minimum Gasteiger partial charge on any atom is -0.493 e. The molecule has 4 heterocycles. The minimum absolute atomic E-state index is 0.196. The third-order valence-corrected chi connectivity index (χ3v) is 9.03. The number of Topliss-reactive ketones (excluding diaryl/α,β-unsaturated/α-hetero) is 1. The number of benzene rings is 3. The Labute approximate surface area is 225 Å². The molecule has 0 bridgehead atoms. The highest BCUT2D eigenvalue weighted by molar-refractivity contribution is 6.31. The predicted molar refractivity (Wildman–Crippen MR) is 144 cm³/mol. The maximum absolute atomic E-state index is 14.8. The Bertz CT molecular complexity index is 1540. The lowest BCUT2D eigenvalue weighted by Gasteiger charge is -2.43. The van der Waals surface area contributed by atoms with Crippen LogP contribution in [0.25, 0.3) is 0 Å². The van der Waals surface area contributed by atoms with Crippen LogP contribution < -0.4 is 15.4 Å². The van der Waals surface area contributed by atoms with E-state index in [2.05, 4.69) is 15.5 Å². The number of halogens is 1. The van der Waals surface area contributed by atoms with E-state index in [0.717, 1.165) is 6.42 Å². The second kappa shape index (κ2) is 8.16. The number of ether oxygens (including phenoxy) is 1. The fraction of sp³-hybridized carbons (Fsp3) is 0.300. The molecular weight excluding hydrogens is 502 g/mol. The topological polar surface area (TPSA) is 87.7 Å². The van der Waals surface area contributed by atoms with Crippen LogP contribution in [0.5, 0.6) is 5.75 Å². The Hall–Kier alpha value is -3.68. The Morgan fingerprint density at radius 2 is 1.74 bits per heavy atom. The van der Waals surface area contributed by atoms with Gasteiger partial charge in [-0.15, -0.1) is 0 Å². The summed E-state index contributed by atoms with van der Waals surface area (Å²) in [5, 5.41) is 6.57. The van der Waals surface area contributed by atoms with Gasteiger partial charge in [-0.2, -0.15) is 0 Å². The maximum Gasteiger partial charge on any atom is 0.251 e. The van der Waals surface area contributed by atoms with Crippen LogP contribution in [-0.2, 0) is 20.5 Å². The van der Waals surface area contributed by atoms with Crippen molar-refractivity contribution in [1.29, 1.82) is 0 Å². The standard InChI is InChI=1S/C30H26ClN3O4/c1-2-38-24-12-6-3-8-18(24)26(35)25-23-11-7-15-34(23)30(20-16-17(31)13-14-22(20)33-28(30)37)29(25)19-9-4-5-10-21(19)32-27(29)36/h3-6,8-10,12-14,16,23,25H,2,7,11,15H2,1H3,(H,32,36)(H,33,37)/t23-,25+,29-,30-/m0/s1. The molecule has 0 unspecified atom stereocenters. The number of carbonyl (C=O) groups excluding carboxylic acids is 3. The van der Waals surface area contributed by atoms with Gasteiger partial charge in [0.25, 0.3) is 5.91 Å². The number of fused-ring (bicyclic) bond motifs is 7. The molecule has 192 valence electrons. The summed E-state index contributed by atoms with van der Waals surface area (Å²) < 4.78 is 5.85. The fourth-order valence-corrected chi connectivity index (χ4v) is 7.84. The zero-order chi connectivity index (χ0) is 26.2. The summed E-state index contributed by atoms with van der Waals surface area (Å²) in [7, 11) is 0. The van der Waals surface area contributed by atoms with Crippen molar-refractivity contribution < 1.29 is 19.1 Å². The lowest BCUT2D eigenvalue weighted by atomic mass is 9.57. The molecule has 0 aromatic heterocycles. The number of hydrogen-bond acceptors (Lipinski definition) is 5. The lowest BCUT2D eigenvalue weighted by molar-refractivity contribution is -0.137. The molecule has 0 aliphatic carbocycles. The lowest BCUT2D eigenvalue weighted by Crippen LogP contribution is -2.62. The van der Waals surface area contributed by atoms with Crippen molar-refractivity contribution in [3.8, 4) is 5.75 Å². The third-order valence-electron chi connectivity index (χ3n) is 8.79. The Morgan fingerprint density at radius 3 is 2.58 bits per heavy atom. The Kier molecular flexibility index (Phi) is 5.03. The second-order valence-electron chi connectivity index (χ2n) is 10.3. The molecule has 2 fully saturated rings. The van der Waals surface area contributed by atoms with Gasteiger partial charge >= 0.3 is 0 Å². The number of para-hydroxylation sites is 2. The largest absolute Gasteiger partial charge is 0.493 e. The van der Waals surface area contributed by atoms with Gasteiger partial charge in [0.1, 0.15) is 16.7 Å². The van der Waals surface area contributed by atoms with Gasteiger partial charge < -0.3 is 15.4 Å². The van der Waals surface area contributed by atoms with Crippen LogP contribution >= 0.6 is 11.6 Å². The molecule has 2 saturated heterocycles. The van der Waals surface area contributed by atoms with Gasteiger partial charge in [0.15, 0.2) is 5.78 Å². The van der Waals surface area contributed by atoms with E-state index in [9.17, 15) is 14.4 Å². The molecule has 2 N–H and O–H groups in total. The second-order valence-corrected chi connectivity index (χ2v) is 10.8. The first kappa shape index (κ1) is 23.4. The van der Waals surface area contributed by atoms with Gasteiger partial charge in [-0.05, 0) is 68.3 Å². The molecule has 7 nitrogen and oxygen atoms in total. The van der Waals surface area contributed by atoms with E-state index < -0.39 is 16.9 Å². The van der Waals surface area contributed by atoms with Crippen molar-refractivity contribution in [2.24, 2.45) is 5.92 Å². The fourth-order valence-electron chi connectivity index (χ4n) is 7.67. The first-order valence-corrected chi connectivity index (χ1v) is 13.4. The molecule has 7 rings (SSSR count). The summed E-state index contributed by atoms with van der Waals surface area (Å²) >= 11 is 6.52. The predicted octanol–water partition coefficient (Wildman–Crippen LogP) is 4.75.